The van der Waals surface area contributed by atoms with E-state index in [1.807, 2.05) is 6.07 Å². The zero-order valence-corrected chi connectivity index (χ0v) is 12.6. The minimum absolute atomic E-state index is 0.487. The Morgan fingerprint density at radius 1 is 1.20 bits per heavy atom. The molecule has 2 rings (SSSR count). The van der Waals surface area contributed by atoms with E-state index in [1.165, 1.54) is 6.08 Å². The molecule has 0 saturated heterocycles. The van der Waals surface area contributed by atoms with Gasteiger partial charge in [0.25, 0.3) is 0 Å². The SMILES string of the molecule is O=C(O)/C=C/c1ccc(Br)cc1Oc1ccccc1Cl. The summed E-state index contributed by atoms with van der Waals surface area (Å²) in [5.41, 5.74) is 0.649. The van der Waals surface area contributed by atoms with E-state index in [1.54, 1.807) is 36.4 Å². The Labute approximate surface area is 129 Å². The van der Waals surface area contributed by atoms with Crippen LogP contribution in [0.2, 0.25) is 5.02 Å². The highest BCUT2D eigenvalue weighted by Gasteiger charge is 2.07. The normalized spacial score (nSPS) is 10.7. The molecule has 0 spiro atoms. The number of ether oxygens (including phenoxy) is 1. The molecule has 0 aliphatic rings. The number of rotatable bonds is 4. The molecule has 1 N–H and O–H groups in total. The number of carboxylic acids is 1. The van der Waals surface area contributed by atoms with E-state index < -0.39 is 5.97 Å². The van der Waals surface area contributed by atoms with Gasteiger partial charge in [-0.15, -0.1) is 0 Å². The summed E-state index contributed by atoms with van der Waals surface area (Å²) in [4.78, 5) is 10.6. The molecule has 0 aromatic heterocycles. The summed E-state index contributed by atoms with van der Waals surface area (Å²) in [6.07, 6.45) is 2.53. The lowest BCUT2D eigenvalue weighted by Crippen LogP contribution is -1.90. The highest BCUT2D eigenvalue weighted by atomic mass is 79.9. The molecule has 0 amide bonds. The molecule has 0 fully saturated rings. The van der Waals surface area contributed by atoms with Gasteiger partial charge in [0, 0.05) is 16.1 Å². The number of carbonyl (C=O) groups is 1. The van der Waals surface area contributed by atoms with Gasteiger partial charge in [0.15, 0.2) is 0 Å². The second-order valence-corrected chi connectivity index (χ2v) is 5.21. The van der Waals surface area contributed by atoms with Crippen LogP contribution in [-0.2, 0) is 4.79 Å². The maximum atomic E-state index is 10.6. The van der Waals surface area contributed by atoms with E-state index >= 15 is 0 Å². The first-order valence-corrected chi connectivity index (χ1v) is 6.86. The third-order valence-electron chi connectivity index (χ3n) is 2.44. The molecule has 2 aromatic carbocycles. The van der Waals surface area contributed by atoms with Gasteiger partial charge in [-0.05, 0) is 30.3 Å². The standard InChI is InChI=1S/C15H10BrClO3/c16-11-7-5-10(6-8-15(18)19)14(9-11)20-13-4-2-1-3-12(13)17/h1-9H,(H,18,19)/b8-6+. The summed E-state index contributed by atoms with van der Waals surface area (Å²) >= 11 is 9.40. The van der Waals surface area contributed by atoms with Gasteiger partial charge in [0.05, 0.1) is 5.02 Å². The molecule has 3 nitrogen and oxygen atoms in total. The van der Waals surface area contributed by atoms with Crippen molar-refractivity contribution >= 4 is 39.6 Å². The number of carboxylic acid groups (broad SMARTS) is 1. The van der Waals surface area contributed by atoms with Crippen LogP contribution in [-0.4, -0.2) is 11.1 Å². The number of para-hydroxylation sites is 1. The monoisotopic (exact) mass is 352 g/mol. The Kier molecular flexibility index (Phi) is 4.82. The number of hydrogen-bond acceptors (Lipinski definition) is 2. The number of aliphatic carboxylic acids is 1. The van der Waals surface area contributed by atoms with Crippen molar-refractivity contribution in [2.45, 2.75) is 0 Å². The molecular formula is C15H10BrClO3. The van der Waals surface area contributed by atoms with Crippen LogP contribution in [0.4, 0.5) is 0 Å². The summed E-state index contributed by atoms with van der Waals surface area (Å²) in [7, 11) is 0. The van der Waals surface area contributed by atoms with Crippen molar-refractivity contribution in [3.05, 3.63) is 63.6 Å². The Bertz CT molecular complexity index is 668. The minimum Gasteiger partial charge on any atom is -0.478 e. The average Bonchev–Trinajstić information content (AvgIpc) is 2.40. The fourth-order valence-electron chi connectivity index (χ4n) is 1.54. The van der Waals surface area contributed by atoms with Gasteiger partial charge in [-0.1, -0.05) is 45.7 Å². The molecular weight excluding hydrogens is 344 g/mol. The van der Waals surface area contributed by atoms with E-state index in [9.17, 15) is 4.79 Å². The lowest BCUT2D eigenvalue weighted by atomic mass is 10.2. The largest absolute Gasteiger partial charge is 0.478 e. The zero-order chi connectivity index (χ0) is 14.5. The van der Waals surface area contributed by atoms with E-state index in [-0.39, 0.29) is 0 Å². The second kappa shape index (κ2) is 6.59. The van der Waals surface area contributed by atoms with Gasteiger partial charge in [0.1, 0.15) is 11.5 Å². The predicted octanol–water partition coefficient (Wildman–Crippen LogP) is 4.99. The highest BCUT2D eigenvalue weighted by Crippen LogP contribution is 2.33. The van der Waals surface area contributed by atoms with Crippen LogP contribution in [0.15, 0.2) is 53.0 Å². The fourth-order valence-corrected chi connectivity index (χ4v) is 2.06. The van der Waals surface area contributed by atoms with Crippen molar-refractivity contribution in [3.8, 4) is 11.5 Å². The summed E-state index contributed by atoms with van der Waals surface area (Å²) in [5, 5.41) is 9.18. The number of halogens is 2. The van der Waals surface area contributed by atoms with Crippen LogP contribution in [0.1, 0.15) is 5.56 Å². The lowest BCUT2D eigenvalue weighted by molar-refractivity contribution is -0.131. The predicted molar refractivity (Wildman–Crippen MR) is 82.3 cm³/mol. The number of hydrogen-bond donors (Lipinski definition) is 1. The molecule has 5 heteroatoms. The van der Waals surface area contributed by atoms with E-state index in [2.05, 4.69) is 15.9 Å². The van der Waals surface area contributed by atoms with Gasteiger partial charge in [0.2, 0.25) is 0 Å². The van der Waals surface area contributed by atoms with Gasteiger partial charge in [-0.2, -0.15) is 0 Å². The second-order valence-electron chi connectivity index (χ2n) is 3.89. The molecule has 0 atom stereocenters. The summed E-state index contributed by atoms with van der Waals surface area (Å²) in [5.74, 6) is 0.0128. The molecule has 0 radical (unpaired) electrons. The maximum Gasteiger partial charge on any atom is 0.328 e. The van der Waals surface area contributed by atoms with Crippen LogP contribution in [0.5, 0.6) is 11.5 Å². The molecule has 0 saturated carbocycles. The molecule has 0 heterocycles. The Balaban J connectivity index is 2.37. The van der Waals surface area contributed by atoms with E-state index in [0.717, 1.165) is 10.5 Å². The third-order valence-corrected chi connectivity index (χ3v) is 3.24. The van der Waals surface area contributed by atoms with Crippen LogP contribution < -0.4 is 4.74 Å². The molecule has 0 unspecified atom stereocenters. The molecule has 0 aliphatic carbocycles. The highest BCUT2D eigenvalue weighted by molar-refractivity contribution is 9.10. The topological polar surface area (TPSA) is 46.5 Å². The third kappa shape index (κ3) is 3.85. The van der Waals surface area contributed by atoms with Crippen LogP contribution in [0.25, 0.3) is 6.08 Å². The van der Waals surface area contributed by atoms with Crippen LogP contribution in [0.3, 0.4) is 0 Å². The van der Waals surface area contributed by atoms with E-state index in [0.29, 0.717) is 22.1 Å². The van der Waals surface area contributed by atoms with Gasteiger partial charge in [-0.3, -0.25) is 0 Å². The first kappa shape index (κ1) is 14.6. The Morgan fingerprint density at radius 2 is 1.95 bits per heavy atom. The van der Waals surface area contributed by atoms with Crippen molar-refractivity contribution in [2.75, 3.05) is 0 Å². The first-order chi connectivity index (χ1) is 9.56. The van der Waals surface area contributed by atoms with Crippen LogP contribution in [0, 0.1) is 0 Å². The maximum absolute atomic E-state index is 10.6. The van der Waals surface area contributed by atoms with Crippen molar-refractivity contribution in [2.24, 2.45) is 0 Å². The summed E-state index contributed by atoms with van der Waals surface area (Å²) < 4.78 is 6.57. The molecule has 102 valence electrons. The van der Waals surface area contributed by atoms with Gasteiger partial charge in [-0.25, -0.2) is 4.79 Å². The van der Waals surface area contributed by atoms with Crippen molar-refractivity contribution in [1.29, 1.82) is 0 Å². The first-order valence-electron chi connectivity index (χ1n) is 5.69. The zero-order valence-electron chi connectivity index (χ0n) is 10.2. The molecule has 2 aromatic rings. The van der Waals surface area contributed by atoms with Gasteiger partial charge < -0.3 is 9.84 Å². The fraction of sp³-hybridized carbons (Fsp3) is 0. The van der Waals surface area contributed by atoms with Gasteiger partial charge >= 0.3 is 5.97 Å². The quantitative estimate of drug-likeness (QED) is 0.787. The molecule has 0 aliphatic heterocycles. The van der Waals surface area contributed by atoms with E-state index in [4.69, 9.17) is 21.4 Å². The smallest absolute Gasteiger partial charge is 0.328 e. The molecule has 0 bridgehead atoms. The Morgan fingerprint density at radius 3 is 2.65 bits per heavy atom. The Hall–Kier alpha value is -1.78. The molecule has 20 heavy (non-hydrogen) atoms. The number of benzene rings is 2. The van der Waals surface area contributed by atoms with Crippen molar-refractivity contribution < 1.29 is 14.6 Å². The van der Waals surface area contributed by atoms with Crippen LogP contribution >= 0.6 is 27.5 Å². The van der Waals surface area contributed by atoms with Crippen molar-refractivity contribution in [3.63, 3.8) is 0 Å². The average molecular weight is 354 g/mol. The lowest BCUT2D eigenvalue weighted by Gasteiger charge is -2.10. The summed E-state index contributed by atoms with van der Waals surface area (Å²) in [6.45, 7) is 0. The van der Waals surface area contributed by atoms with Crippen molar-refractivity contribution in [1.82, 2.24) is 0 Å². The summed E-state index contributed by atoms with van der Waals surface area (Å²) in [6, 6.07) is 12.4. The minimum atomic E-state index is -1.02.